The normalized spacial score (nSPS) is 11.2. The van der Waals surface area contributed by atoms with Gasteiger partial charge >= 0.3 is 0 Å². The Morgan fingerprint density at radius 2 is 1.77 bits per heavy atom. The molecule has 4 rings (SSSR count). The second kappa shape index (κ2) is 8.44. The summed E-state index contributed by atoms with van der Waals surface area (Å²) in [6, 6.07) is 19.3. The Hall–Kier alpha value is -2.92. The maximum Gasteiger partial charge on any atom is 0.255 e. The number of rotatable bonds is 5. The van der Waals surface area contributed by atoms with E-state index in [0.717, 1.165) is 33.2 Å². The first-order valence-corrected chi connectivity index (χ1v) is 10.8. The highest BCUT2D eigenvalue weighted by Crippen LogP contribution is 2.31. The molecule has 0 saturated carbocycles. The van der Waals surface area contributed by atoms with E-state index in [1.165, 1.54) is 11.1 Å². The van der Waals surface area contributed by atoms with Gasteiger partial charge in [0.1, 0.15) is 5.52 Å². The summed E-state index contributed by atoms with van der Waals surface area (Å²) in [5.74, 6) is 0.868. The van der Waals surface area contributed by atoms with E-state index < -0.39 is 0 Å². The zero-order valence-electron chi connectivity index (χ0n) is 17.2. The second-order valence-electron chi connectivity index (χ2n) is 7.61. The Bertz CT molecular complexity index is 1190. The van der Waals surface area contributed by atoms with Crippen LogP contribution >= 0.6 is 15.9 Å². The van der Waals surface area contributed by atoms with Gasteiger partial charge in [0, 0.05) is 16.8 Å². The third kappa shape index (κ3) is 4.17. The second-order valence-corrected chi connectivity index (χ2v) is 8.46. The van der Waals surface area contributed by atoms with Crippen molar-refractivity contribution in [1.29, 1.82) is 0 Å². The summed E-state index contributed by atoms with van der Waals surface area (Å²) in [5.41, 5.74) is 6.21. The van der Waals surface area contributed by atoms with E-state index in [1.807, 2.05) is 54.6 Å². The molecule has 4 aromatic rings. The molecule has 5 heteroatoms. The van der Waals surface area contributed by atoms with Crippen molar-refractivity contribution in [3.8, 4) is 11.5 Å². The van der Waals surface area contributed by atoms with Crippen molar-refractivity contribution in [2.45, 2.75) is 33.1 Å². The number of hydrogen-bond acceptors (Lipinski definition) is 3. The highest BCUT2D eigenvalue weighted by molar-refractivity contribution is 9.10. The largest absolute Gasteiger partial charge is 0.435 e. The highest BCUT2D eigenvalue weighted by Gasteiger charge is 2.13. The molecule has 1 heterocycles. The Morgan fingerprint density at radius 1 is 1.07 bits per heavy atom. The standard InChI is InChI=1S/C25H23BrN2O2/c1-4-16-13-21(26)23-22(14-16)28-25(30-23)19-9-11-20(12-10-19)27-24(29)18-7-5-17(6-8-18)15(2)3/h5-15H,4H2,1-3H3,(H,27,29). The number of nitrogens with zero attached hydrogens (tertiary/aromatic N) is 1. The van der Waals surface area contributed by atoms with Gasteiger partial charge in [-0.05, 0) is 87.9 Å². The monoisotopic (exact) mass is 462 g/mol. The van der Waals surface area contributed by atoms with Gasteiger partial charge in [-0.1, -0.05) is 32.9 Å². The van der Waals surface area contributed by atoms with Gasteiger partial charge in [-0.25, -0.2) is 4.98 Å². The molecule has 0 radical (unpaired) electrons. The lowest BCUT2D eigenvalue weighted by atomic mass is 10.0. The molecule has 1 N–H and O–H groups in total. The summed E-state index contributed by atoms with van der Waals surface area (Å²) in [4.78, 5) is 17.1. The number of halogens is 1. The molecule has 0 spiro atoms. The summed E-state index contributed by atoms with van der Waals surface area (Å²) < 4.78 is 6.87. The van der Waals surface area contributed by atoms with E-state index >= 15 is 0 Å². The number of nitrogens with one attached hydrogen (secondary N) is 1. The Labute approximate surface area is 184 Å². The van der Waals surface area contributed by atoms with Crippen LogP contribution in [0.5, 0.6) is 0 Å². The van der Waals surface area contributed by atoms with E-state index in [9.17, 15) is 4.79 Å². The number of aryl methyl sites for hydroxylation is 1. The molecule has 0 unspecified atom stereocenters. The topological polar surface area (TPSA) is 55.1 Å². The molecule has 0 fully saturated rings. The minimum atomic E-state index is -0.129. The van der Waals surface area contributed by atoms with E-state index in [2.05, 4.69) is 53.1 Å². The predicted octanol–water partition coefficient (Wildman–Crippen LogP) is 7.20. The lowest BCUT2D eigenvalue weighted by Crippen LogP contribution is -2.11. The molecule has 30 heavy (non-hydrogen) atoms. The van der Waals surface area contributed by atoms with Gasteiger partial charge in [0.05, 0.1) is 4.47 Å². The molecule has 3 aromatic carbocycles. The van der Waals surface area contributed by atoms with Gasteiger partial charge in [0.25, 0.3) is 5.91 Å². The molecule has 0 saturated heterocycles. The van der Waals surface area contributed by atoms with E-state index in [0.29, 0.717) is 17.4 Å². The zero-order valence-corrected chi connectivity index (χ0v) is 18.8. The molecule has 0 aliphatic heterocycles. The van der Waals surface area contributed by atoms with Crippen LogP contribution in [0.4, 0.5) is 5.69 Å². The summed E-state index contributed by atoms with van der Waals surface area (Å²) in [6.07, 6.45) is 0.936. The van der Waals surface area contributed by atoms with Gasteiger partial charge in [0.2, 0.25) is 5.89 Å². The van der Waals surface area contributed by atoms with Gasteiger partial charge < -0.3 is 9.73 Å². The average molecular weight is 463 g/mol. The van der Waals surface area contributed by atoms with Crippen LogP contribution in [-0.2, 0) is 6.42 Å². The predicted molar refractivity (Wildman–Crippen MR) is 125 cm³/mol. The van der Waals surface area contributed by atoms with Gasteiger partial charge in [0.15, 0.2) is 5.58 Å². The number of fused-ring (bicyclic) bond motifs is 1. The number of carbonyl (C=O) groups excluding carboxylic acids is 1. The van der Waals surface area contributed by atoms with Crippen LogP contribution in [0.25, 0.3) is 22.6 Å². The third-order valence-corrected chi connectivity index (χ3v) is 5.73. The molecule has 0 bridgehead atoms. The van der Waals surface area contributed by atoms with Crippen molar-refractivity contribution in [1.82, 2.24) is 4.98 Å². The van der Waals surface area contributed by atoms with Crippen molar-refractivity contribution in [2.75, 3.05) is 5.32 Å². The number of hydrogen-bond donors (Lipinski definition) is 1. The SMILES string of the molecule is CCc1cc(Br)c2oc(-c3ccc(NC(=O)c4ccc(C(C)C)cc4)cc3)nc2c1. The van der Waals surface area contributed by atoms with Crippen molar-refractivity contribution >= 4 is 38.6 Å². The highest BCUT2D eigenvalue weighted by atomic mass is 79.9. The first-order chi connectivity index (χ1) is 14.4. The van der Waals surface area contributed by atoms with Crippen LogP contribution in [0.1, 0.15) is 48.2 Å². The van der Waals surface area contributed by atoms with Gasteiger partial charge in [-0.2, -0.15) is 0 Å². The zero-order chi connectivity index (χ0) is 21.3. The maximum atomic E-state index is 12.5. The first kappa shape index (κ1) is 20.4. The van der Waals surface area contributed by atoms with Crippen LogP contribution in [0, 0.1) is 0 Å². The molecule has 0 atom stereocenters. The average Bonchev–Trinajstić information content (AvgIpc) is 3.19. The number of benzene rings is 3. The summed E-state index contributed by atoms with van der Waals surface area (Å²) in [5, 5.41) is 2.94. The fourth-order valence-electron chi connectivity index (χ4n) is 3.29. The molecule has 0 aliphatic carbocycles. The number of carbonyl (C=O) groups is 1. The molecule has 4 nitrogen and oxygen atoms in total. The third-order valence-electron chi connectivity index (χ3n) is 5.14. The quantitative estimate of drug-likeness (QED) is 0.341. The molecule has 1 aromatic heterocycles. The van der Waals surface area contributed by atoms with Crippen molar-refractivity contribution < 1.29 is 9.21 Å². The molecule has 0 aliphatic rings. The minimum absolute atomic E-state index is 0.129. The number of amides is 1. The fraction of sp³-hybridized carbons (Fsp3) is 0.200. The van der Waals surface area contributed by atoms with Crippen LogP contribution in [-0.4, -0.2) is 10.9 Å². The van der Waals surface area contributed by atoms with E-state index in [1.54, 1.807) is 0 Å². The van der Waals surface area contributed by atoms with Crippen molar-refractivity contribution in [3.05, 3.63) is 81.8 Å². The molecular formula is C25H23BrN2O2. The van der Waals surface area contributed by atoms with Crippen LogP contribution in [0.3, 0.4) is 0 Å². The number of oxazole rings is 1. The summed E-state index contributed by atoms with van der Waals surface area (Å²) >= 11 is 3.57. The number of aromatic nitrogens is 1. The summed E-state index contributed by atoms with van der Waals surface area (Å²) in [6.45, 7) is 6.38. The minimum Gasteiger partial charge on any atom is -0.435 e. The lowest BCUT2D eigenvalue weighted by Gasteiger charge is -2.08. The fourth-order valence-corrected chi connectivity index (χ4v) is 3.87. The molecule has 1 amide bonds. The molecular weight excluding hydrogens is 440 g/mol. The summed E-state index contributed by atoms with van der Waals surface area (Å²) in [7, 11) is 0. The number of anilines is 1. The Balaban J connectivity index is 1.52. The van der Waals surface area contributed by atoms with Crippen LogP contribution in [0.15, 0.2) is 69.6 Å². The maximum absolute atomic E-state index is 12.5. The van der Waals surface area contributed by atoms with E-state index in [4.69, 9.17) is 4.42 Å². The van der Waals surface area contributed by atoms with Gasteiger partial charge in [-0.3, -0.25) is 4.79 Å². The van der Waals surface area contributed by atoms with Crippen molar-refractivity contribution in [3.63, 3.8) is 0 Å². The Morgan fingerprint density at radius 3 is 2.40 bits per heavy atom. The van der Waals surface area contributed by atoms with Crippen LogP contribution in [0.2, 0.25) is 0 Å². The lowest BCUT2D eigenvalue weighted by molar-refractivity contribution is 0.102. The van der Waals surface area contributed by atoms with Gasteiger partial charge in [-0.15, -0.1) is 0 Å². The van der Waals surface area contributed by atoms with Crippen LogP contribution < -0.4 is 5.32 Å². The first-order valence-electron chi connectivity index (χ1n) is 10.1. The smallest absolute Gasteiger partial charge is 0.255 e. The Kier molecular flexibility index (Phi) is 5.73. The van der Waals surface area contributed by atoms with E-state index in [-0.39, 0.29) is 5.91 Å². The molecule has 152 valence electrons. The van der Waals surface area contributed by atoms with Crippen molar-refractivity contribution in [2.24, 2.45) is 0 Å².